The van der Waals surface area contributed by atoms with E-state index in [0.29, 0.717) is 34.2 Å². The molecule has 0 amide bonds. The molecule has 0 saturated carbocycles. The summed E-state index contributed by atoms with van der Waals surface area (Å²) in [4.78, 5) is 0. The number of methoxy groups -OCH3 is 3. The quantitative estimate of drug-likeness (QED) is 0.671. The Bertz CT molecular complexity index is 929. The monoisotopic (exact) mass is 379 g/mol. The van der Waals surface area contributed by atoms with Crippen molar-refractivity contribution in [2.45, 2.75) is 6.18 Å². The topological polar surface area (TPSA) is 58.4 Å². The van der Waals surface area contributed by atoms with Gasteiger partial charge < -0.3 is 14.2 Å². The van der Waals surface area contributed by atoms with Crippen LogP contribution in [0.4, 0.5) is 13.2 Å². The highest BCUT2D eigenvalue weighted by Crippen LogP contribution is 2.39. The Morgan fingerprint density at radius 2 is 1.59 bits per heavy atom. The van der Waals surface area contributed by atoms with Crippen LogP contribution < -0.4 is 14.2 Å². The van der Waals surface area contributed by atoms with Crippen LogP contribution in [-0.2, 0) is 6.18 Å². The number of alkyl halides is 3. The Morgan fingerprint density at radius 3 is 2.15 bits per heavy atom. The maximum absolute atomic E-state index is 12.9. The molecule has 1 heterocycles. The molecule has 1 aromatic heterocycles. The van der Waals surface area contributed by atoms with Gasteiger partial charge in [-0.2, -0.15) is 13.2 Å². The summed E-state index contributed by atoms with van der Waals surface area (Å²) in [5.74, 6) is 1.26. The van der Waals surface area contributed by atoms with E-state index >= 15 is 0 Å². The average Bonchev–Trinajstić information content (AvgIpc) is 3.16. The summed E-state index contributed by atoms with van der Waals surface area (Å²) in [6.07, 6.45) is -2.90. The van der Waals surface area contributed by atoms with Crippen LogP contribution in [0.1, 0.15) is 5.56 Å². The Labute approximate surface area is 153 Å². The van der Waals surface area contributed by atoms with E-state index in [4.69, 9.17) is 14.2 Å². The van der Waals surface area contributed by atoms with Crippen LogP contribution in [0.5, 0.6) is 17.2 Å². The number of ether oxygens (including phenoxy) is 3. The van der Waals surface area contributed by atoms with E-state index in [-0.39, 0.29) is 0 Å². The van der Waals surface area contributed by atoms with Gasteiger partial charge in [0.15, 0.2) is 11.5 Å². The number of nitrogens with zero attached hydrogens (tertiary/aromatic N) is 3. The fraction of sp³-hybridized carbons (Fsp3) is 0.222. The molecule has 142 valence electrons. The summed E-state index contributed by atoms with van der Waals surface area (Å²) in [7, 11) is 4.45. The Kier molecular flexibility index (Phi) is 4.93. The molecule has 3 aromatic rings. The fourth-order valence-corrected chi connectivity index (χ4v) is 2.58. The van der Waals surface area contributed by atoms with Crippen LogP contribution in [-0.4, -0.2) is 36.3 Å². The Morgan fingerprint density at radius 1 is 0.926 bits per heavy atom. The van der Waals surface area contributed by atoms with Crippen molar-refractivity contribution in [3.63, 3.8) is 0 Å². The van der Waals surface area contributed by atoms with Crippen molar-refractivity contribution >= 4 is 0 Å². The first-order valence-corrected chi connectivity index (χ1v) is 7.77. The molecule has 0 radical (unpaired) electrons. The number of halogens is 3. The maximum Gasteiger partial charge on any atom is 0.416 e. The molecule has 2 aromatic carbocycles. The van der Waals surface area contributed by atoms with Crippen LogP contribution in [0.3, 0.4) is 0 Å². The number of aromatic nitrogens is 3. The molecule has 0 bridgehead atoms. The largest absolute Gasteiger partial charge is 0.493 e. The van der Waals surface area contributed by atoms with Crippen LogP contribution in [0.15, 0.2) is 42.6 Å². The smallest absolute Gasteiger partial charge is 0.416 e. The summed E-state index contributed by atoms with van der Waals surface area (Å²) >= 11 is 0. The average molecular weight is 379 g/mol. The zero-order chi connectivity index (χ0) is 19.6. The molecule has 0 aliphatic heterocycles. The maximum atomic E-state index is 12.9. The summed E-state index contributed by atoms with van der Waals surface area (Å²) in [5, 5.41) is 7.97. The second kappa shape index (κ2) is 7.18. The van der Waals surface area contributed by atoms with Gasteiger partial charge in [-0.25, -0.2) is 4.68 Å². The van der Waals surface area contributed by atoms with E-state index in [0.717, 1.165) is 12.1 Å². The van der Waals surface area contributed by atoms with Gasteiger partial charge in [0.1, 0.15) is 5.69 Å². The predicted octanol–water partition coefficient (Wildman–Crippen LogP) is 3.98. The minimum Gasteiger partial charge on any atom is -0.493 e. The summed E-state index contributed by atoms with van der Waals surface area (Å²) in [5.41, 5.74) is 0.413. The lowest BCUT2D eigenvalue weighted by Gasteiger charge is -2.13. The normalized spacial score (nSPS) is 11.3. The molecule has 9 heteroatoms. The van der Waals surface area contributed by atoms with E-state index in [9.17, 15) is 13.2 Å². The van der Waals surface area contributed by atoms with Crippen LogP contribution in [0.25, 0.3) is 16.9 Å². The molecular weight excluding hydrogens is 363 g/mol. The molecule has 0 unspecified atom stereocenters. The number of hydrogen-bond acceptors (Lipinski definition) is 5. The van der Waals surface area contributed by atoms with Gasteiger partial charge in [-0.3, -0.25) is 0 Å². The summed E-state index contributed by atoms with van der Waals surface area (Å²) in [6.45, 7) is 0. The third-order valence-corrected chi connectivity index (χ3v) is 3.89. The summed E-state index contributed by atoms with van der Waals surface area (Å²) < 4.78 is 56.0. The van der Waals surface area contributed by atoms with Gasteiger partial charge in [-0.15, -0.1) is 5.10 Å². The molecule has 0 aliphatic rings. The third kappa shape index (κ3) is 3.67. The van der Waals surface area contributed by atoms with Crippen molar-refractivity contribution in [3.8, 4) is 34.2 Å². The number of benzene rings is 2. The van der Waals surface area contributed by atoms with Crippen molar-refractivity contribution in [2.75, 3.05) is 21.3 Å². The SMILES string of the molecule is COc1cc(-n2cc(-c3cccc(C(F)(F)F)c3)nn2)cc(OC)c1OC. The molecule has 3 rings (SSSR count). The molecule has 0 aliphatic carbocycles. The first kappa shape index (κ1) is 18.6. The van der Waals surface area contributed by atoms with Crippen molar-refractivity contribution in [1.29, 1.82) is 0 Å². The lowest BCUT2D eigenvalue weighted by Crippen LogP contribution is -2.04. The van der Waals surface area contributed by atoms with Gasteiger partial charge in [0, 0.05) is 17.7 Å². The first-order valence-electron chi connectivity index (χ1n) is 7.77. The molecule has 27 heavy (non-hydrogen) atoms. The fourth-order valence-electron chi connectivity index (χ4n) is 2.58. The van der Waals surface area contributed by atoms with Crippen molar-refractivity contribution in [2.24, 2.45) is 0 Å². The standard InChI is InChI=1S/C18H16F3N3O3/c1-25-15-8-13(9-16(26-2)17(15)27-3)24-10-14(22-23-24)11-5-4-6-12(7-11)18(19,20)21/h4-10H,1-3H3. The van der Waals surface area contributed by atoms with Crippen LogP contribution in [0.2, 0.25) is 0 Å². The van der Waals surface area contributed by atoms with E-state index in [2.05, 4.69) is 10.3 Å². The lowest BCUT2D eigenvalue weighted by molar-refractivity contribution is -0.137. The molecule has 0 N–H and O–H groups in total. The van der Waals surface area contributed by atoms with Gasteiger partial charge in [-0.05, 0) is 12.1 Å². The van der Waals surface area contributed by atoms with Gasteiger partial charge in [0.25, 0.3) is 0 Å². The van der Waals surface area contributed by atoms with E-state index in [1.165, 1.54) is 38.3 Å². The molecule has 0 spiro atoms. The lowest BCUT2D eigenvalue weighted by atomic mass is 10.1. The van der Waals surface area contributed by atoms with Gasteiger partial charge in [0.2, 0.25) is 5.75 Å². The van der Waals surface area contributed by atoms with Gasteiger partial charge in [-0.1, -0.05) is 17.3 Å². The number of rotatable bonds is 5. The van der Waals surface area contributed by atoms with E-state index in [1.54, 1.807) is 18.2 Å². The third-order valence-electron chi connectivity index (χ3n) is 3.89. The number of hydrogen-bond donors (Lipinski definition) is 0. The molecule has 0 fully saturated rings. The van der Waals surface area contributed by atoms with Crippen molar-refractivity contribution < 1.29 is 27.4 Å². The van der Waals surface area contributed by atoms with Crippen molar-refractivity contribution in [3.05, 3.63) is 48.2 Å². The minimum absolute atomic E-state index is 0.301. The van der Waals surface area contributed by atoms with Crippen LogP contribution in [0, 0.1) is 0 Å². The zero-order valence-electron chi connectivity index (χ0n) is 14.7. The molecule has 0 saturated heterocycles. The van der Waals surface area contributed by atoms with Gasteiger partial charge in [0.05, 0.1) is 38.8 Å². The second-order valence-electron chi connectivity index (χ2n) is 5.51. The van der Waals surface area contributed by atoms with Crippen LogP contribution >= 0.6 is 0 Å². The zero-order valence-corrected chi connectivity index (χ0v) is 14.7. The van der Waals surface area contributed by atoms with E-state index in [1.807, 2.05) is 0 Å². The first-order chi connectivity index (χ1) is 12.9. The Balaban J connectivity index is 2.02. The minimum atomic E-state index is -4.43. The highest BCUT2D eigenvalue weighted by atomic mass is 19.4. The molecule has 6 nitrogen and oxygen atoms in total. The van der Waals surface area contributed by atoms with Crippen molar-refractivity contribution in [1.82, 2.24) is 15.0 Å². The predicted molar refractivity (Wildman–Crippen MR) is 91.5 cm³/mol. The highest BCUT2D eigenvalue weighted by Gasteiger charge is 2.30. The van der Waals surface area contributed by atoms with E-state index < -0.39 is 11.7 Å². The molecule has 0 atom stereocenters. The second-order valence-corrected chi connectivity index (χ2v) is 5.51. The highest BCUT2D eigenvalue weighted by molar-refractivity contribution is 5.61. The molecular formula is C18H16F3N3O3. The van der Waals surface area contributed by atoms with Gasteiger partial charge >= 0.3 is 6.18 Å². The summed E-state index contributed by atoms with van der Waals surface area (Å²) in [6, 6.07) is 8.23. The Hall–Kier alpha value is -3.23.